The molecule has 3 aromatic rings. The van der Waals surface area contributed by atoms with Crippen molar-refractivity contribution in [2.24, 2.45) is 0 Å². The summed E-state index contributed by atoms with van der Waals surface area (Å²) in [5, 5.41) is 33.8. The molecule has 0 saturated carbocycles. The van der Waals surface area contributed by atoms with Crippen molar-refractivity contribution in [1.82, 2.24) is 10.3 Å². The second-order valence-electron chi connectivity index (χ2n) is 5.35. The van der Waals surface area contributed by atoms with Gasteiger partial charge in [0.15, 0.2) is 5.52 Å². The second-order valence-corrected chi connectivity index (χ2v) is 5.35. The van der Waals surface area contributed by atoms with E-state index in [0.29, 0.717) is 17.7 Å². The Balaban J connectivity index is 1.87. The topological polar surface area (TPSA) is 126 Å². The number of anilines is 2. The van der Waals surface area contributed by atoms with Crippen molar-refractivity contribution in [3.8, 4) is 0 Å². The van der Waals surface area contributed by atoms with Crippen LogP contribution in [0.15, 0.2) is 41.0 Å². The molecule has 9 nitrogen and oxygen atoms in total. The lowest BCUT2D eigenvalue weighted by atomic mass is 10.1. The maximum Gasteiger partial charge on any atom is 0.323 e. The summed E-state index contributed by atoms with van der Waals surface area (Å²) in [5.41, 5.74) is 2.15. The maximum absolute atomic E-state index is 11.4. The number of benzene rings is 2. The summed E-state index contributed by atoms with van der Waals surface area (Å²) in [7, 11) is 0. The van der Waals surface area contributed by atoms with Crippen molar-refractivity contribution in [2.45, 2.75) is 6.42 Å². The Labute approximate surface area is 142 Å². The van der Waals surface area contributed by atoms with Gasteiger partial charge in [0.1, 0.15) is 5.69 Å². The third-order valence-electron chi connectivity index (χ3n) is 3.69. The first-order valence-electron chi connectivity index (χ1n) is 7.77. The lowest BCUT2D eigenvalue weighted by molar-refractivity contribution is -0.382. The van der Waals surface area contributed by atoms with Crippen LogP contribution in [0.2, 0.25) is 0 Å². The minimum atomic E-state index is -0.542. The van der Waals surface area contributed by atoms with Crippen LogP contribution in [0.25, 0.3) is 11.0 Å². The van der Waals surface area contributed by atoms with Gasteiger partial charge in [-0.25, -0.2) is 4.63 Å². The van der Waals surface area contributed by atoms with Gasteiger partial charge in [-0.2, -0.15) is 0 Å². The van der Waals surface area contributed by atoms with E-state index < -0.39 is 4.92 Å². The molecule has 0 aliphatic heterocycles. The zero-order valence-electron chi connectivity index (χ0n) is 13.3. The first-order valence-corrected chi connectivity index (χ1v) is 7.77. The number of aliphatic hydroxyl groups is 1. The van der Waals surface area contributed by atoms with Gasteiger partial charge in [0.2, 0.25) is 5.52 Å². The van der Waals surface area contributed by atoms with Crippen LogP contribution >= 0.6 is 0 Å². The summed E-state index contributed by atoms with van der Waals surface area (Å²) in [6.45, 7) is 0.646. The number of hydrogen-bond donors (Lipinski definition) is 3. The van der Waals surface area contributed by atoms with Crippen molar-refractivity contribution in [3.05, 3.63) is 52.1 Å². The van der Waals surface area contributed by atoms with Crippen molar-refractivity contribution >= 4 is 28.1 Å². The molecule has 1 aromatic heterocycles. The van der Waals surface area contributed by atoms with Crippen LogP contribution < -0.4 is 10.6 Å². The molecule has 0 bridgehead atoms. The Hall–Kier alpha value is -3.20. The van der Waals surface area contributed by atoms with Crippen molar-refractivity contribution in [1.29, 1.82) is 0 Å². The van der Waals surface area contributed by atoms with E-state index in [1.54, 1.807) is 6.07 Å². The molecule has 1 heterocycles. The quantitative estimate of drug-likeness (QED) is 0.420. The standard InChI is InChI=1S/C16H17N5O4/c22-9-8-18-13-10-12(17-7-6-11-4-2-1-3-5-11)14-15(20-25-19-14)16(13)21(23)24/h1-5,10,17-18,22H,6-9H2. The zero-order valence-corrected chi connectivity index (χ0v) is 13.3. The molecule has 0 aliphatic carbocycles. The van der Waals surface area contributed by atoms with E-state index in [4.69, 9.17) is 9.74 Å². The molecule has 0 saturated heterocycles. The van der Waals surface area contributed by atoms with E-state index in [1.807, 2.05) is 30.3 Å². The molecule has 2 aromatic carbocycles. The van der Waals surface area contributed by atoms with Crippen molar-refractivity contribution in [2.75, 3.05) is 30.3 Å². The highest BCUT2D eigenvalue weighted by atomic mass is 16.6. The first kappa shape index (κ1) is 16.7. The van der Waals surface area contributed by atoms with Crippen LogP contribution in [-0.2, 0) is 6.42 Å². The fourth-order valence-electron chi connectivity index (χ4n) is 2.56. The molecule has 0 radical (unpaired) electrons. The molecule has 0 fully saturated rings. The van der Waals surface area contributed by atoms with Gasteiger partial charge in [-0.1, -0.05) is 30.3 Å². The Morgan fingerprint density at radius 3 is 2.52 bits per heavy atom. The lowest BCUT2D eigenvalue weighted by Crippen LogP contribution is -2.10. The van der Waals surface area contributed by atoms with E-state index in [-0.39, 0.29) is 30.0 Å². The van der Waals surface area contributed by atoms with Gasteiger partial charge in [-0.3, -0.25) is 10.1 Å². The number of aromatic nitrogens is 2. The summed E-state index contributed by atoms with van der Waals surface area (Å²) >= 11 is 0. The SMILES string of the molecule is O=[N+]([O-])c1c(NCCO)cc(NCCc2ccccc2)c2nonc12. The predicted molar refractivity (Wildman–Crippen MR) is 92.7 cm³/mol. The Morgan fingerprint density at radius 2 is 1.80 bits per heavy atom. The molecule has 130 valence electrons. The summed E-state index contributed by atoms with van der Waals surface area (Å²) in [6, 6.07) is 11.5. The molecule has 0 atom stereocenters. The Kier molecular flexibility index (Phi) is 5.05. The Morgan fingerprint density at radius 1 is 1.08 bits per heavy atom. The smallest absolute Gasteiger partial charge is 0.323 e. The number of nitrogens with zero attached hydrogens (tertiary/aromatic N) is 3. The molecule has 0 amide bonds. The van der Waals surface area contributed by atoms with Gasteiger partial charge in [0.05, 0.1) is 17.2 Å². The number of rotatable bonds is 8. The molecular weight excluding hydrogens is 326 g/mol. The summed E-state index contributed by atoms with van der Waals surface area (Å²) in [5.74, 6) is 0. The van der Waals surface area contributed by atoms with Crippen LogP contribution in [0.5, 0.6) is 0 Å². The maximum atomic E-state index is 11.4. The lowest BCUT2D eigenvalue weighted by Gasteiger charge is -2.10. The van der Waals surface area contributed by atoms with Gasteiger partial charge >= 0.3 is 5.69 Å². The van der Waals surface area contributed by atoms with Crippen LogP contribution in [0, 0.1) is 10.1 Å². The predicted octanol–water partition coefficient (Wildman–Crippen LogP) is 2.19. The van der Waals surface area contributed by atoms with Gasteiger partial charge < -0.3 is 15.7 Å². The van der Waals surface area contributed by atoms with Crippen LogP contribution in [0.1, 0.15) is 5.56 Å². The highest BCUT2D eigenvalue weighted by molar-refractivity contribution is 5.99. The average Bonchev–Trinajstić information content (AvgIpc) is 3.10. The number of aliphatic hydroxyl groups excluding tert-OH is 1. The van der Waals surface area contributed by atoms with E-state index in [0.717, 1.165) is 6.42 Å². The summed E-state index contributed by atoms with van der Waals surface area (Å²) in [6.07, 6.45) is 0.782. The third kappa shape index (κ3) is 3.66. The van der Waals surface area contributed by atoms with Crippen LogP contribution in [0.4, 0.5) is 17.1 Å². The first-order chi connectivity index (χ1) is 12.2. The number of fused-ring (bicyclic) bond motifs is 1. The summed E-state index contributed by atoms with van der Waals surface area (Å²) in [4.78, 5) is 10.8. The number of hydrogen-bond acceptors (Lipinski definition) is 8. The molecule has 25 heavy (non-hydrogen) atoms. The van der Waals surface area contributed by atoms with Crippen molar-refractivity contribution < 1.29 is 14.7 Å². The van der Waals surface area contributed by atoms with Crippen LogP contribution in [-0.4, -0.2) is 40.0 Å². The molecule has 0 unspecified atom stereocenters. The molecule has 3 N–H and O–H groups in total. The number of nitro groups is 1. The molecular formula is C16H17N5O4. The average molecular weight is 343 g/mol. The van der Waals surface area contributed by atoms with Gasteiger partial charge in [-0.05, 0) is 28.4 Å². The minimum Gasteiger partial charge on any atom is -0.395 e. The molecule has 0 aliphatic rings. The number of nitrogens with one attached hydrogen (secondary N) is 2. The highest BCUT2D eigenvalue weighted by Crippen LogP contribution is 2.36. The van der Waals surface area contributed by atoms with E-state index in [1.165, 1.54) is 5.56 Å². The number of nitro benzene ring substituents is 1. The normalized spacial score (nSPS) is 10.8. The van der Waals surface area contributed by atoms with E-state index in [2.05, 4.69) is 20.9 Å². The summed E-state index contributed by atoms with van der Waals surface area (Å²) < 4.78 is 4.70. The Bertz CT molecular complexity index is 866. The van der Waals surface area contributed by atoms with Crippen molar-refractivity contribution in [3.63, 3.8) is 0 Å². The highest BCUT2D eigenvalue weighted by Gasteiger charge is 2.25. The van der Waals surface area contributed by atoms with E-state index >= 15 is 0 Å². The molecule has 9 heteroatoms. The monoisotopic (exact) mass is 343 g/mol. The minimum absolute atomic E-state index is 0.0650. The largest absolute Gasteiger partial charge is 0.395 e. The third-order valence-corrected chi connectivity index (χ3v) is 3.69. The van der Waals surface area contributed by atoms with Gasteiger partial charge in [0.25, 0.3) is 0 Å². The fraction of sp³-hybridized carbons (Fsp3) is 0.250. The fourth-order valence-corrected chi connectivity index (χ4v) is 2.56. The second kappa shape index (κ2) is 7.58. The van der Waals surface area contributed by atoms with Gasteiger partial charge in [0, 0.05) is 13.1 Å². The molecule has 0 spiro atoms. The zero-order chi connectivity index (χ0) is 17.6. The van der Waals surface area contributed by atoms with Gasteiger partial charge in [-0.15, -0.1) is 0 Å². The van der Waals surface area contributed by atoms with Crippen LogP contribution in [0.3, 0.4) is 0 Å². The molecule has 3 rings (SSSR count). The van der Waals surface area contributed by atoms with E-state index in [9.17, 15) is 10.1 Å².